The van der Waals surface area contributed by atoms with Crippen LogP contribution in [0.15, 0.2) is 55.0 Å². The molecule has 4 atom stereocenters. The van der Waals surface area contributed by atoms with Gasteiger partial charge in [0.2, 0.25) is 5.91 Å². The normalized spacial score (nSPS) is 15.7. The van der Waals surface area contributed by atoms with Crippen LogP contribution >= 0.6 is 0 Å². The number of ether oxygens (including phenoxy) is 5. The van der Waals surface area contributed by atoms with E-state index in [4.69, 9.17) is 28.9 Å². The Labute approximate surface area is 412 Å². The number of unbranched alkanes of at least 4 members (excludes halogenated alkanes) is 2. The van der Waals surface area contributed by atoms with Gasteiger partial charge in [-0.05, 0) is 98.6 Å². The van der Waals surface area contributed by atoms with Crippen molar-refractivity contribution in [1.29, 1.82) is 5.26 Å². The van der Waals surface area contributed by atoms with Crippen LogP contribution in [0, 0.1) is 42.9 Å². The molecule has 17 nitrogen and oxygen atoms in total. The minimum Gasteiger partial charge on any atom is -0.461 e. The van der Waals surface area contributed by atoms with E-state index >= 15 is 0 Å². The van der Waals surface area contributed by atoms with Gasteiger partial charge < -0.3 is 33.5 Å². The zero-order valence-electron chi connectivity index (χ0n) is 42.3. The maximum atomic E-state index is 13.4. The number of carbonyl (C=O) groups is 6. The van der Waals surface area contributed by atoms with Crippen LogP contribution in [0.1, 0.15) is 128 Å². The number of aromatic nitrogens is 3. The number of piperidine rings is 1. The summed E-state index contributed by atoms with van der Waals surface area (Å²) in [5, 5.41) is 9.69. The summed E-state index contributed by atoms with van der Waals surface area (Å²) in [4.78, 5) is 89.3. The number of esters is 4. The third-order valence-electron chi connectivity index (χ3n) is 12.2. The lowest BCUT2D eigenvalue weighted by molar-refractivity contribution is -0.166. The van der Waals surface area contributed by atoms with Crippen LogP contribution in [-0.2, 0) is 49.5 Å². The Kier molecular flexibility index (Phi) is 23.1. The van der Waals surface area contributed by atoms with E-state index in [0.29, 0.717) is 65.2 Å². The van der Waals surface area contributed by atoms with Crippen LogP contribution in [0.5, 0.6) is 5.75 Å². The lowest BCUT2D eigenvalue weighted by atomic mass is 9.92. The predicted molar refractivity (Wildman–Crippen MR) is 263 cm³/mol. The molecule has 1 aliphatic heterocycles. The summed E-state index contributed by atoms with van der Waals surface area (Å²) in [5.41, 5.74) is 2.48. The predicted octanol–water partition coefficient (Wildman–Crippen LogP) is 9.05. The summed E-state index contributed by atoms with van der Waals surface area (Å²) in [6.07, 6.45) is 14.6. The van der Waals surface area contributed by atoms with Crippen molar-refractivity contribution in [3.05, 3.63) is 71.7 Å². The maximum Gasteiger partial charge on any atom is 0.420 e. The van der Waals surface area contributed by atoms with Crippen LogP contribution in [0.3, 0.4) is 0 Å². The number of fused-ring (bicyclic) bond motifs is 1. The van der Waals surface area contributed by atoms with Gasteiger partial charge in [0.15, 0.2) is 11.8 Å². The Hall–Kier alpha value is -6.57. The van der Waals surface area contributed by atoms with Gasteiger partial charge in [-0.2, -0.15) is 5.26 Å². The van der Waals surface area contributed by atoms with Crippen molar-refractivity contribution in [3.63, 3.8) is 0 Å². The van der Waals surface area contributed by atoms with E-state index in [1.807, 2.05) is 83.8 Å². The number of hydrogen-bond acceptors (Lipinski definition) is 15. The number of nitriles is 1. The van der Waals surface area contributed by atoms with Crippen molar-refractivity contribution in [2.45, 2.75) is 144 Å². The van der Waals surface area contributed by atoms with Crippen molar-refractivity contribution in [2.75, 3.05) is 38.3 Å². The highest BCUT2D eigenvalue weighted by Crippen LogP contribution is 2.31. The van der Waals surface area contributed by atoms with Gasteiger partial charge in [0.05, 0.1) is 30.3 Å². The number of amides is 1. The first-order valence-corrected chi connectivity index (χ1v) is 24.5. The van der Waals surface area contributed by atoms with E-state index in [1.165, 1.54) is 10.9 Å². The average Bonchev–Trinajstić information content (AvgIpc) is 3.77. The molecule has 3 heterocycles. The zero-order valence-corrected chi connectivity index (χ0v) is 42.3. The smallest absolute Gasteiger partial charge is 0.420 e. The third kappa shape index (κ3) is 17.7. The molecule has 0 bridgehead atoms. The molecule has 1 aliphatic rings. The van der Waals surface area contributed by atoms with Gasteiger partial charge in [0.25, 0.3) is 0 Å². The first-order chi connectivity index (χ1) is 33.5. The zero-order chi connectivity index (χ0) is 51.2. The monoisotopic (exact) mass is 969 g/mol. The SMILES string of the molecule is CCC/C=C\CC(=O)OCC(COC(=O)C/C=C\CCC)OC(=O)CC(C)CCC(C)CC(=O)Oc1c(C)cc(COC(=O)n2ccc3c(N(C)[C@H]4CN(C(=O)CC#N)CC[C@H]4C)ncnc32)cc1C. The Morgan fingerprint density at radius 3 is 2.04 bits per heavy atom. The van der Waals surface area contributed by atoms with Gasteiger partial charge in [0, 0.05) is 39.2 Å². The molecule has 1 aromatic carbocycles. The minimum absolute atomic E-state index is 0.0449. The summed E-state index contributed by atoms with van der Waals surface area (Å²) in [7, 11) is 1.91. The summed E-state index contributed by atoms with van der Waals surface area (Å²) in [5.74, 6) is -0.892. The van der Waals surface area contributed by atoms with Gasteiger partial charge in [0.1, 0.15) is 44.1 Å². The lowest BCUT2D eigenvalue weighted by Crippen LogP contribution is -2.52. The number of nitrogens with zero attached hydrogens (tertiary/aromatic N) is 6. The number of benzene rings is 1. The van der Waals surface area contributed by atoms with Gasteiger partial charge in [-0.3, -0.25) is 24.0 Å². The average molecular weight is 969 g/mol. The van der Waals surface area contributed by atoms with E-state index in [1.54, 1.807) is 29.3 Å². The molecular weight excluding hydrogens is 897 g/mol. The molecule has 1 amide bonds. The third-order valence-corrected chi connectivity index (χ3v) is 12.2. The van der Waals surface area contributed by atoms with E-state index < -0.39 is 36.1 Å². The lowest BCUT2D eigenvalue weighted by Gasteiger charge is -2.42. The summed E-state index contributed by atoms with van der Waals surface area (Å²) in [6, 6.07) is 7.26. The Morgan fingerprint density at radius 1 is 0.857 bits per heavy atom. The Morgan fingerprint density at radius 2 is 1.46 bits per heavy atom. The van der Waals surface area contributed by atoms with Crippen molar-refractivity contribution >= 4 is 52.7 Å². The first-order valence-electron chi connectivity index (χ1n) is 24.5. The topological polar surface area (TPSA) is 210 Å². The highest BCUT2D eigenvalue weighted by Gasteiger charge is 2.33. The number of anilines is 1. The van der Waals surface area contributed by atoms with E-state index in [2.05, 4.69) is 16.9 Å². The molecule has 0 radical (unpaired) electrons. The molecule has 1 saturated heterocycles. The molecule has 0 spiro atoms. The van der Waals surface area contributed by atoms with E-state index in [-0.39, 0.29) is 81.6 Å². The van der Waals surface area contributed by atoms with Crippen molar-refractivity contribution < 1.29 is 52.5 Å². The number of allylic oxidation sites excluding steroid dienone is 2. The summed E-state index contributed by atoms with van der Waals surface area (Å²) >= 11 is 0. The number of carbonyl (C=O) groups excluding carboxylic acids is 6. The van der Waals surface area contributed by atoms with Crippen LogP contribution in [0.2, 0.25) is 0 Å². The number of aryl methyl sites for hydroxylation is 2. The second kappa shape index (κ2) is 28.8. The second-order valence-corrected chi connectivity index (χ2v) is 18.4. The van der Waals surface area contributed by atoms with Crippen LogP contribution in [0.4, 0.5) is 10.6 Å². The van der Waals surface area contributed by atoms with Gasteiger partial charge in [-0.15, -0.1) is 0 Å². The molecule has 0 aliphatic carbocycles. The Bertz CT molecular complexity index is 2290. The molecule has 0 saturated carbocycles. The molecular formula is C53H72N6O11. The summed E-state index contributed by atoms with van der Waals surface area (Å²) < 4.78 is 29.2. The fraction of sp³-hybridized carbons (Fsp3) is 0.566. The van der Waals surface area contributed by atoms with Gasteiger partial charge >= 0.3 is 30.0 Å². The summed E-state index contributed by atoms with van der Waals surface area (Å²) in [6.45, 7) is 14.2. The molecule has 3 aromatic rings. The molecule has 17 heteroatoms. The maximum absolute atomic E-state index is 13.4. The first kappa shape index (κ1) is 56.0. The van der Waals surface area contributed by atoms with E-state index in [9.17, 15) is 28.8 Å². The van der Waals surface area contributed by atoms with E-state index in [0.717, 1.165) is 32.1 Å². The number of rotatable bonds is 26. The van der Waals surface area contributed by atoms with Gasteiger partial charge in [-0.1, -0.05) is 71.8 Å². The van der Waals surface area contributed by atoms with Crippen molar-refractivity contribution in [3.8, 4) is 11.8 Å². The number of hydrogen-bond donors (Lipinski definition) is 0. The van der Waals surface area contributed by atoms with Crippen LogP contribution in [0.25, 0.3) is 11.0 Å². The molecule has 4 rings (SSSR count). The highest BCUT2D eigenvalue weighted by molar-refractivity contribution is 5.93. The molecule has 380 valence electrons. The highest BCUT2D eigenvalue weighted by atomic mass is 16.6. The molecule has 2 unspecified atom stereocenters. The Balaban J connectivity index is 1.25. The molecule has 0 N–H and O–H groups in total. The van der Waals surface area contributed by atoms with Crippen molar-refractivity contribution in [1.82, 2.24) is 19.4 Å². The molecule has 2 aromatic heterocycles. The standard InChI is InChI=1S/C53H72N6O11/c1-9-11-13-15-17-46(61)66-33-42(34-67-47(62)18-16-14-12-10-2)69-48(63)27-36(3)19-20-37(4)28-49(64)70-50-39(6)29-41(30-40(50)7)32-68-53(65)59-26-23-43-51(55-35-56-52(43)59)57(8)44-31-58(25-22-38(44)5)45(60)21-24-54/h13-16,23,26,29-30,35-38,42,44H,9-12,17-22,25,27-28,31-34H2,1-8H3/b15-13-,16-14-/t36?,37?,38-,44+/m1/s1. The van der Waals surface area contributed by atoms with Crippen molar-refractivity contribution in [2.24, 2.45) is 17.8 Å². The molecule has 70 heavy (non-hydrogen) atoms. The second-order valence-electron chi connectivity index (χ2n) is 18.4. The fourth-order valence-corrected chi connectivity index (χ4v) is 8.25. The number of likely N-dealkylation sites (N-methyl/N-ethyl adjacent to an activating group) is 1. The van der Waals surface area contributed by atoms with Gasteiger partial charge in [-0.25, -0.2) is 19.3 Å². The quantitative estimate of drug-likeness (QED) is 0.0318. The number of likely N-dealkylation sites (tertiary alicyclic amines) is 1. The minimum atomic E-state index is -0.956. The van der Waals surface area contributed by atoms with Crippen LogP contribution in [-0.4, -0.2) is 101 Å². The van der Waals surface area contributed by atoms with Crippen LogP contribution < -0.4 is 9.64 Å². The fourth-order valence-electron chi connectivity index (χ4n) is 8.25. The molecule has 1 fully saturated rings. The largest absolute Gasteiger partial charge is 0.461 e.